The Morgan fingerprint density at radius 3 is 3.06 bits per heavy atom. The van der Waals surface area contributed by atoms with Crippen LogP contribution in [0.25, 0.3) is 0 Å². The first-order valence-corrected chi connectivity index (χ1v) is 6.45. The largest absolute Gasteiger partial charge is 0.339 e. The molecule has 1 saturated carbocycles. The third-order valence-corrected chi connectivity index (χ3v) is 3.53. The van der Waals surface area contributed by atoms with E-state index in [1.165, 1.54) is 32.1 Å². The Kier molecular flexibility index (Phi) is 2.91. The zero-order chi connectivity index (χ0) is 10.8. The molecule has 0 spiro atoms. The molecular formula is C12H19N3O. The van der Waals surface area contributed by atoms with Crippen LogP contribution >= 0.6 is 0 Å². The van der Waals surface area contributed by atoms with Gasteiger partial charge in [0.1, 0.15) is 0 Å². The molecule has 1 saturated heterocycles. The normalized spacial score (nSPS) is 26.6. The van der Waals surface area contributed by atoms with E-state index < -0.39 is 0 Å². The third kappa shape index (κ3) is 2.43. The topological polar surface area (TPSA) is 51.0 Å². The lowest BCUT2D eigenvalue weighted by Crippen LogP contribution is -2.22. The quantitative estimate of drug-likeness (QED) is 0.846. The molecule has 0 bridgehead atoms. The highest BCUT2D eigenvalue weighted by Crippen LogP contribution is 2.38. The van der Waals surface area contributed by atoms with Crippen LogP contribution in [0.3, 0.4) is 0 Å². The highest BCUT2D eigenvalue weighted by molar-refractivity contribution is 5.02. The Morgan fingerprint density at radius 2 is 2.19 bits per heavy atom. The van der Waals surface area contributed by atoms with Gasteiger partial charge in [-0.15, -0.1) is 0 Å². The van der Waals surface area contributed by atoms with Crippen LogP contribution < -0.4 is 5.32 Å². The van der Waals surface area contributed by atoms with Crippen molar-refractivity contribution in [2.24, 2.45) is 5.92 Å². The SMILES string of the molecule is C1CCC(Cc2noc(C3CC3)n2)CNC1. The summed E-state index contributed by atoms with van der Waals surface area (Å²) >= 11 is 0. The fourth-order valence-electron chi connectivity index (χ4n) is 2.37. The summed E-state index contributed by atoms with van der Waals surface area (Å²) in [6.45, 7) is 2.27. The Labute approximate surface area is 95.8 Å². The summed E-state index contributed by atoms with van der Waals surface area (Å²) in [7, 11) is 0. The van der Waals surface area contributed by atoms with Gasteiger partial charge in [-0.05, 0) is 44.7 Å². The second-order valence-electron chi connectivity index (χ2n) is 5.09. The predicted octanol–water partition coefficient (Wildman–Crippen LogP) is 1.88. The molecule has 1 atom stereocenters. The molecule has 2 heterocycles. The summed E-state index contributed by atoms with van der Waals surface area (Å²) in [4.78, 5) is 4.49. The maximum absolute atomic E-state index is 5.28. The van der Waals surface area contributed by atoms with Crippen molar-refractivity contribution in [3.8, 4) is 0 Å². The van der Waals surface area contributed by atoms with Gasteiger partial charge in [-0.1, -0.05) is 11.6 Å². The number of hydrogen-bond donors (Lipinski definition) is 1. The molecule has 2 aliphatic rings. The van der Waals surface area contributed by atoms with Crippen molar-refractivity contribution >= 4 is 0 Å². The van der Waals surface area contributed by atoms with Crippen molar-refractivity contribution in [3.05, 3.63) is 11.7 Å². The van der Waals surface area contributed by atoms with E-state index in [2.05, 4.69) is 15.5 Å². The van der Waals surface area contributed by atoms with Gasteiger partial charge in [0.25, 0.3) is 0 Å². The van der Waals surface area contributed by atoms with E-state index in [-0.39, 0.29) is 0 Å². The standard InChI is InChI=1S/C12H19N3O/c1-2-6-13-8-9(3-1)7-11-14-12(16-15-11)10-4-5-10/h9-10,13H,1-8H2. The summed E-state index contributed by atoms with van der Waals surface area (Å²) < 4.78 is 5.28. The maximum atomic E-state index is 5.28. The highest BCUT2D eigenvalue weighted by Gasteiger charge is 2.29. The molecule has 2 fully saturated rings. The Bertz CT molecular complexity index is 338. The van der Waals surface area contributed by atoms with E-state index >= 15 is 0 Å². The summed E-state index contributed by atoms with van der Waals surface area (Å²) in [5.74, 6) is 3.05. The molecule has 1 unspecified atom stereocenters. The number of hydrogen-bond acceptors (Lipinski definition) is 4. The van der Waals surface area contributed by atoms with Crippen LogP contribution in [0.15, 0.2) is 4.52 Å². The van der Waals surface area contributed by atoms with E-state index in [0.29, 0.717) is 11.8 Å². The third-order valence-electron chi connectivity index (χ3n) is 3.53. The Balaban J connectivity index is 1.58. The lowest BCUT2D eigenvalue weighted by Gasteiger charge is -2.10. The molecule has 4 nitrogen and oxygen atoms in total. The van der Waals surface area contributed by atoms with Crippen LogP contribution in [0.1, 0.15) is 49.7 Å². The molecule has 1 aromatic heterocycles. The minimum Gasteiger partial charge on any atom is -0.339 e. The average molecular weight is 221 g/mol. The number of nitrogens with zero attached hydrogens (tertiary/aromatic N) is 2. The molecule has 1 aliphatic heterocycles. The highest BCUT2D eigenvalue weighted by atomic mass is 16.5. The van der Waals surface area contributed by atoms with Gasteiger partial charge in [-0.3, -0.25) is 0 Å². The second kappa shape index (κ2) is 4.53. The van der Waals surface area contributed by atoms with Gasteiger partial charge in [-0.2, -0.15) is 4.98 Å². The van der Waals surface area contributed by atoms with E-state index in [0.717, 1.165) is 31.2 Å². The molecular weight excluding hydrogens is 202 g/mol. The summed E-state index contributed by atoms with van der Waals surface area (Å²) in [6.07, 6.45) is 7.35. The molecule has 1 aliphatic carbocycles. The van der Waals surface area contributed by atoms with E-state index in [1.54, 1.807) is 0 Å². The fraction of sp³-hybridized carbons (Fsp3) is 0.833. The van der Waals surface area contributed by atoms with Crippen LogP contribution in [0.4, 0.5) is 0 Å². The molecule has 16 heavy (non-hydrogen) atoms. The van der Waals surface area contributed by atoms with Crippen molar-refractivity contribution in [1.82, 2.24) is 15.5 Å². The van der Waals surface area contributed by atoms with Crippen molar-refractivity contribution in [3.63, 3.8) is 0 Å². The summed E-state index contributed by atoms with van der Waals surface area (Å²) in [5.41, 5.74) is 0. The van der Waals surface area contributed by atoms with Crippen molar-refractivity contribution < 1.29 is 4.52 Å². The molecule has 3 rings (SSSR count). The number of nitrogens with one attached hydrogen (secondary N) is 1. The van der Waals surface area contributed by atoms with E-state index in [4.69, 9.17) is 4.52 Å². The molecule has 1 N–H and O–H groups in total. The van der Waals surface area contributed by atoms with Gasteiger partial charge in [0.05, 0.1) is 0 Å². The first-order valence-electron chi connectivity index (χ1n) is 6.45. The molecule has 4 heteroatoms. The van der Waals surface area contributed by atoms with Gasteiger partial charge in [0.15, 0.2) is 5.82 Å². The van der Waals surface area contributed by atoms with Gasteiger partial charge in [0.2, 0.25) is 5.89 Å². The minimum atomic E-state index is 0.577. The first kappa shape index (κ1) is 10.3. The maximum Gasteiger partial charge on any atom is 0.229 e. The van der Waals surface area contributed by atoms with Crippen molar-refractivity contribution in [2.45, 2.75) is 44.4 Å². The van der Waals surface area contributed by atoms with Gasteiger partial charge in [-0.25, -0.2) is 0 Å². The van der Waals surface area contributed by atoms with Crippen LogP contribution in [0, 0.1) is 5.92 Å². The lowest BCUT2D eigenvalue weighted by molar-refractivity contribution is 0.368. The van der Waals surface area contributed by atoms with Crippen molar-refractivity contribution in [2.75, 3.05) is 13.1 Å². The Hall–Kier alpha value is -0.900. The van der Waals surface area contributed by atoms with E-state index in [1.807, 2.05) is 0 Å². The number of rotatable bonds is 3. The molecule has 1 aromatic rings. The average Bonchev–Trinajstić information content (AvgIpc) is 3.07. The van der Waals surface area contributed by atoms with Crippen LogP contribution in [0.5, 0.6) is 0 Å². The number of aromatic nitrogens is 2. The van der Waals surface area contributed by atoms with E-state index in [9.17, 15) is 0 Å². The molecule has 0 radical (unpaired) electrons. The van der Waals surface area contributed by atoms with Crippen LogP contribution in [0.2, 0.25) is 0 Å². The fourth-order valence-corrected chi connectivity index (χ4v) is 2.37. The molecule has 0 aromatic carbocycles. The summed E-state index contributed by atoms with van der Waals surface area (Å²) in [5, 5.41) is 7.56. The zero-order valence-electron chi connectivity index (χ0n) is 9.61. The lowest BCUT2D eigenvalue weighted by atomic mass is 9.99. The minimum absolute atomic E-state index is 0.577. The predicted molar refractivity (Wildman–Crippen MR) is 60.2 cm³/mol. The second-order valence-corrected chi connectivity index (χ2v) is 5.09. The molecule has 0 amide bonds. The molecule has 88 valence electrons. The van der Waals surface area contributed by atoms with Gasteiger partial charge in [0, 0.05) is 12.3 Å². The summed E-state index contributed by atoms with van der Waals surface area (Å²) in [6, 6.07) is 0. The Morgan fingerprint density at radius 1 is 1.25 bits per heavy atom. The zero-order valence-corrected chi connectivity index (χ0v) is 9.61. The monoisotopic (exact) mass is 221 g/mol. The van der Waals surface area contributed by atoms with Crippen LogP contribution in [-0.4, -0.2) is 23.2 Å². The first-order chi connectivity index (χ1) is 7.92. The van der Waals surface area contributed by atoms with Gasteiger partial charge < -0.3 is 9.84 Å². The van der Waals surface area contributed by atoms with Gasteiger partial charge >= 0.3 is 0 Å². The van der Waals surface area contributed by atoms with Crippen molar-refractivity contribution in [1.29, 1.82) is 0 Å². The van der Waals surface area contributed by atoms with Crippen LogP contribution in [-0.2, 0) is 6.42 Å². The smallest absolute Gasteiger partial charge is 0.229 e.